The Morgan fingerprint density at radius 3 is 2.62 bits per heavy atom. The van der Waals surface area contributed by atoms with Crippen molar-refractivity contribution in [3.63, 3.8) is 0 Å². The van der Waals surface area contributed by atoms with Crippen molar-refractivity contribution in [3.05, 3.63) is 34.9 Å². The molecule has 4 nitrogen and oxygen atoms in total. The lowest BCUT2D eigenvalue weighted by Crippen LogP contribution is -2.24. The maximum atomic E-state index is 10.2. The van der Waals surface area contributed by atoms with E-state index in [1.165, 1.54) is 6.21 Å². The predicted octanol–water partition coefficient (Wildman–Crippen LogP) is 1.34. The lowest BCUT2D eigenvalue weighted by molar-refractivity contribution is 0.249. The summed E-state index contributed by atoms with van der Waals surface area (Å²) < 4.78 is 0. The lowest BCUT2D eigenvalue weighted by Gasteiger charge is -1.93. The van der Waals surface area contributed by atoms with Gasteiger partial charge in [0.2, 0.25) is 0 Å². The molecular weight excluding hydrogens is 190 g/mol. The number of hydrogen-bond donors (Lipinski definition) is 2. The highest BCUT2D eigenvalue weighted by molar-refractivity contribution is 6.30. The van der Waals surface area contributed by atoms with E-state index in [1.807, 2.05) is 0 Å². The number of rotatable bonds is 2. The van der Waals surface area contributed by atoms with E-state index in [1.54, 1.807) is 24.3 Å². The number of halogens is 1. The van der Waals surface area contributed by atoms with Crippen molar-refractivity contribution in [3.8, 4) is 0 Å². The number of hydrazone groups is 1. The fraction of sp³-hybridized carbons (Fsp3) is 0. The Labute approximate surface area is 80.4 Å². The quantitative estimate of drug-likeness (QED) is 0.545. The second-order valence-corrected chi connectivity index (χ2v) is 2.72. The molecule has 0 heterocycles. The molecule has 68 valence electrons. The van der Waals surface area contributed by atoms with Crippen molar-refractivity contribution in [2.75, 3.05) is 0 Å². The smallest absolute Gasteiger partial charge is 0.332 e. The second-order valence-electron chi connectivity index (χ2n) is 2.29. The fourth-order valence-corrected chi connectivity index (χ4v) is 0.845. The Morgan fingerprint density at radius 1 is 1.46 bits per heavy atom. The van der Waals surface area contributed by atoms with E-state index in [0.29, 0.717) is 5.02 Å². The van der Waals surface area contributed by atoms with Gasteiger partial charge in [-0.1, -0.05) is 23.7 Å². The van der Waals surface area contributed by atoms with Crippen LogP contribution in [0.4, 0.5) is 4.79 Å². The van der Waals surface area contributed by atoms with Crippen molar-refractivity contribution in [2.24, 2.45) is 10.8 Å². The van der Waals surface area contributed by atoms with Crippen LogP contribution in [0.3, 0.4) is 0 Å². The zero-order valence-corrected chi connectivity index (χ0v) is 7.45. The van der Waals surface area contributed by atoms with Gasteiger partial charge in [-0.3, -0.25) is 0 Å². The van der Waals surface area contributed by atoms with E-state index in [4.69, 9.17) is 17.3 Å². The molecular formula is C8H8ClN3O. The predicted molar refractivity (Wildman–Crippen MR) is 51.8 cm³/mol. The zero-order chi connectivity index (χ0) is 9.68. The number of carbonyl (C=O) groups is 1. The molecule has 2 amide bonds. The third-order valence-electron chi connectivity index (χ3n) is 1.26. The van der Waals surface area contributed by atoms with Crippen LogP contribution >= 0.6 is 11.6 Å². The molecule has 1 aromatic rings. The fourth-order valence-electron chi connectivity index (χ4n) is 0.719. The Bertz CT molecular complexity index is 321. The Hall–Kier alpha value is -1.55. The summed E-state index contributed by atoms with van der Waals surface area (Å²) in [4.78, 5) is 10.2. The van der Waals surface area contributed by atoms with Crippen LogP contribution < -0.4 is 11.2 Å². The molecule has 0 aliphatic carbocycles. The van der Waals surface area contributed by atoms with Crippen LogP contribution in [0.5, 0.6) is 0 Å². The van der Waals surface area contributed by atoms with E-state index in [2.05, 4.69) is 10.5 Å². The number of carbonyl (C=O) groups excluding carboxylic acids is 1. The third-order valence-corrected chi connectivity index (χ3v) is 1.51. The van der Waals surface area contributed by atoms with Gasteiger partial charge in [0.1, 0.15) is 0 Å². The van der Waals surface area contributed by atoms with Crippen molar-refractivity contribution in [1.29, 1.82) is 0 Å². The zero-order valence-electron chi connectivity index (χ0n) is 6.70. The van der Waals surface area contributed by atoms with Gasteiger partial charge >= 0.3 is 6.03 Å². The number of nitrogens with zero attached hydrogens (tertiary/aromatic N) is 1. The van der Waals surface area contributed by atoms with E-state index in [9.17, 15) is 4.79 Å². The summed E-state index contributed by atoms with van der Waals surface area (Å²) >= 11 is 5.66. The molecule has 0 saturated heterocycles. The van der Waals surface area contributed by atoms with E-state index in [0.717, 1.165) is 5.56 Å². The van der Waals surface area contributed by atoms with Crippen LogP contribution in [-0.2, 0) is 0 Å². The number of benzene rings is 1. The molecule has 0 aromatic heterocycles. The summed E-state index contributed by atoms with van der Waals surface area (Å²) in [5.41, 5.74) is 7.71. The van der Waals surface area contributed by atoms with Gasteiger partial charge < -0.3 is 5.73 Å². The molecule has 0 spiro atoms. The van der Waals surface area contributed by atoms with Crippen LogP contribution in [0.1, 0.15) is 5.56 Å². The molecule has 0 saturated carbocycles. The van der Waals surface area contributed by atoms with Crippen molar-refractivity contribution >= 4 is 23.8 Å². The number of nitrogens with one attached hydrogen (secondary N) is 1. The first-order valence-corrected chi connectivity index (χ1v) is 3.90. The molecule has 13 heavy (non-hydrogen) atoms. The molecule has 0 unspecified atom stereocenters. The molecule has 5 heteroatoms. The van der Waals surface area contributed by atoms with Gasteiger partial charge in [0.25, 0.3) is 0 Å². The third kappa shape index (κ3) is 3.57. The van der Waals surface area contributed by atoms with Gasteiger partial charge in [0.05, 0.1) is 6.21 Å². The topological polar surface area (TPSA) is 67.5 Å². The summed E-state index contributed by atoms with van der Waals surface area (Å²) in [6, 6.07) is 6.31. The molecule has 1 aromatic carbocycles. The molecule has 0 aliphatic rings. The summed E-state index contributed by atoms with van der Waals surface area (Å²) in [7, 11) is 0. The first-order chi connectivity index (χ1) is 6.18. The maximum Gasteiger partial charge on any atom is 0.332 e. The summed E-state index contributed by atoms with van der Waals surface area (Å²) in [6.45, 7) is 0. The Kier molecular flexibility index (Phi) is 3.28. The van der Waals surface area contributed by atoms with Crippen LogP contribution in [0, 0.1) is 0 Å². The number of nitrogens with two attached hydrogens (primary N) is 1. The number of hydrogen-bond acceptors (Lipinski definition) is 2. The molecule has 0 radical (unpaired) electrons. The van der Waals surface area contributed by atoms with Crippen LogP contribution in [0.25, 0.3) is 0 Å². The van der Waals surface area contributed by atoms with E-state index in [-0.39, 0.29) is 0 Å². The van der Waals surface area contributed by atoms with Crippen molar-refractivity contribution in [1.82, 2.24) is 5.43 Å². The minimum atomic E-state index is -0.690. The SMILES string of the molecule is NC(=O)NN=Cc1ccc(Cl)cc1. The van der Waals surface area contributed by atoms with Gasteiger partial charge in [-0.25, -0.2) is 10.2 Å². The van der Waals surface area contributed by atoms with Gasteiger partial charge in [-0.2, -0.15) is 5.10 Å². The molecule has 0 bridgehead atoms. The highest BCUT2D eigenvalue weighted by atomic mass is 35.5. The summed E-state index contributed by atoms with van der Waals surface area (Å²) in [5.74, 6) is 0. The minimum Gasteiger partial charge on any atom is -0.350 e. The second kappa shape index (κ2) is 4.47. The van der Waals surface area contributed by atoms with Gasteiger partial charge in [-0.05, 0) is 17.7 Å². The van der Waals surface area contributed by atoms with Crippen LogP contribution in [-0.4, -0.2) is 12.2 Å². The van der Waals surface area contributed by atoms with Crippen molar-refractivity contribution < 1.29 is 4.79 Å². The number of primary amides is 1. The number of amides is 2. The summed E-state index contributed by atoms with van der Waals surface area (Å²) in [5, 5.41) is 4.23. The van der Waals surface area contributed by atoms with Crippen molar-refractivity contribution in [2.45, 2.75) is 0 Å². The van der Waals surface area contributed by atoms with Gasteiger partial charge in [0, 0.05) is 5.02 Å². The normalized spacial score (nSPS) is 10.2. The largest absolute Gasteiger partial charge is 0.350 e. The van der Waals surface area contributed by atoms with Crippen LogP contribution in [0.15, 0.2) is 29.4 Å². The average molecular weight is 198 g/mol. The lowest BCUT2D eigenvalue weighted by atomic mass is 10.2. The average Bonchev–Trinajstić information content (AvgIpc) is 2.08. The van der Waals surface area contributed by atoms with E-state index < -0.39 is 6.03 Å². The first kappa shape index (κ1) is 9.54. The highest BCUT2D eigenvalue weighted by Crippen LogP contribution is 2.07. The molecule has 1 rings (SSSR count). The highest BCUT2D eigenvalue weighted by Gasteiger charge is 1.88. The standard InChI is InChI=1S/C8H8ClN3O/c9-7-3-1-6(2-4-7)5-11-12-8(10)13/h1-5H,(H3,10,12,13). The van der Waals surface area contributed by atoms with Gasteiger partial charge in [0.15, 0.2) is 0 Å². The molecule has 3 N–H and O–H groups in total. The monoisotopic (exact) mass is 197 g/mol. The molecule has 0 fully saturated rings. The number of urea groups is 1. The Balaban J connectivity index is 2.59. The molecule has 0 aliphatic heterocycles. The molecule has 0 atom stereocenters. The van der Waals surface area contributed by atoms with Gasteiger partial charge in [-0.15, -0.1) is 0 Å². The summed E-state index contributed by atoms with van der Waals surface area (Å²) in [6.07, 6.45) is 1.47. The first-order valence-electron chi connectivity index (χ1n) is 3.52. The minimum absolute atomic E-state index is 0.653. The van der Waals surface area contributed by atoms with E-state index >= 15 is 0 Å². The maximum absolute atomic E-state index is 10.2. The van der Waals surface area contributed by atoms with Crippen LogP contribution in [0.2, 0.25) is 5.02 Å². The Morgan fingerprint density at radius 2 is 2.08 bits per heavy atom.